The van der Waals surface area contributed by atoms with Crippen LogP contribution in [-0.4, -0.2) is 61.0 Å². The van der Waals surface area contributed by atoms with Crippen LogP contribution in [0.15, 0.2) is 40.8 Å². The third-order valence-electron chi connectivity index (χ3n) is 6.66. The van der Waals surface area contributed by atoms with Gasteiger partial charge in [-0.1, -0.05) is 25.0 Å². The Labute approximate surface area is 203 Å². The monoisotopic (exact) mass is 483 g/mol. The van der Waals surface area contributed by atoms with Gasteiger partial charge in [0.05, 0.1) is 23.2 Å². The molecule has 1 fully saturated rings. The highest BCUT2D eigenvalue weighted by Gasteiger charge is 2.36. The minimum absolute atomic E-state index is 0.00179. The third-order valence-corrected chi connectivity index (χ3v) is 7.58. The van der Waals surface area contributed by atoms with E-state index in [4.69, 9.17) is 19.3 Å². The highest BCUT2D eigenvalue weighted by atomic mass is 32.1. The zero-order valence-electron chi connectivity index (χ0n) is 19.3. The average Bonchev–Trinajstić information content (AvgIpc) is 3.66. The van der Waals surface area contributed by atoms with Crippen LogP contribution in [0.5, 0.6) is 11.5 Å². The number of methoxy groups -OCH3 is 1. The van der Waals surface area contributed by atoms with Gasteiger partial charge in [-0.15, -0.1) is 11.3 Å². The van der Waals surface area contributed by atoms with Gasteiger partial charge in [-0.25, -0.2) is 5.01 Å². The number of fused-ring (bicyclic) bond motifs is 1. The molecule has 0 radical (unpaired) electrons. The van der Waals surface area contributed by atoms with Gasteiger partial charge >= 0.3 is 0 Å². The van der Waals surface area contributed by atoms with E-state index in [1.165, 1.54) is 0 Å². The lowest BCUT2D eigenvalue weighted by Crippen LogP contribution is -2.44. The number of nitrogens with zero attached hydrogens (tertiary/aromatic N) is 3. The lowest BCUT2D eigenvalue weighted by atomic mass is 10.0. The molecule has 1 aromatic heterocycles. The second kappa shape index (κ2) is 10.1. The highest BCUT2D eigenvalue weighted by Crippen LogP contribution is 2.39. The molecule has 0 saturated heterocycles. The summed E-state index contributed by atoms with van der Waals surface area (Å²) in [5.74, 6) is 1.22. The summed E-state index contributed by atoms with van der Waals surface area (Å²) in [5, 5.41) is 8.30. The summed E-state index contributed by atoms with van der Waals surface area (Å²) in [7, 11) is 1.60. The van der Waals surface area contributed by atoms with Crippen molar-refractivity contribution < 1.29 is 23.8 Å². The number of carbonyl (C=O) groups is 2. The lowest BCUT2D eigenvalue weighted by Gasteiger charge is -2.28. The quantitative estimate of drug-likeness (QED) is 0.570. The molecule has 2 aromatic rings. The minimum Gasteiger partial charge on any atom is -0.454 e. The van der Waals surface area contributed by atoms with Gasteiger partial charge in [0.25, 0.3) is 5.91 Å². The fourth-order valence-electron chi connectivity index (χ4n) is 4.85. The molecule has 2 aliphatic heterocycles. The van der Waals surface area contributed by atoms with Crippen LogP contribution in [0.3, 0.4) is 0 Å². The Bertz CT molecular complexity index is 1060. The summed E-state index contributed by atoms with van der Waals surface area (Å²) >= 11 is 1.60. The second-order valence-electron chi connectivity index (χ2n) is 8.83. The normalized spacial score (nSPS) is 19.5. The Morgan fingerprint density at radius 2 is 2.03 bits per heavy atom. The number of amides is 2. The van der Waals surface area contributed by atoms with E-state index in [1.54, 1.807) is 28.4 Å². The number of benzene rings is 1. The molecule has 8 nitrogen and oxygen atoms in total. The second-order valence-corrected chi connectivity index (χ2v) is 9.78. The first-order valence-corrected chi connectivity index (χ1v) is 12.6. The molecule has 0 spiro atoms. The zero-order valence-corrected chi connectivity index (χ0v) is 20.1. The molecule has 3 aliphatic rings. The molecule has 9 heteroatoms. The fourth-order valence-corrected chi connectivity index (χ4v) is 5.57. The summed E-state index contributed by atoms with van der Waals surface area (Å²) in [6, 6.07) is 9.48. The predicted octanol–water partition coefficient (Wildman–Crippen LogP) is 3.82. The molecule has 1 saturated carbocycles. The fraction of sp³-hybridized carbons (Fsp3) is 0.480. The van der Waals surface area contributed by atoms with Crippen molar-refractivity contribution in [2.75, 3.05) is 33.6 Å². The number of hydrogen-bond donors (Lipinski definition) is 0. The number of ether oxygens (including phenoxy) is 3. The van der Waals surface area contributed by atoms with Crippen LogP contribution in [0, 0.1) is 5.92 Å². The topological polar surface area (TPSA) is 80.7 Å². The Morgan fingerprint density at radius 1 is 1.21 bits per heavy atom. The Balaban J connectivity index is 1.39. The Hall–Kier alpha value is -2.91. The van der Waals surface area contributed by atoms with E-state index in [2.05, 4.69) is 0 Å². The van der Waals surface area contributed by atoms with Crippen molar-refractivity contribution in [1.82, 2.24) is 9.91 Å². The lowest BCUT2D eigenvalue weighted by molar-refractivity contribution is -0.144. The molecule has 3 heterocycles. The van der Waals surface area contributed by atoms with E-state index < -0.39 is 0 Å². The predicted molar refractivity (Wildman–Crippen MR) is 128 cm³/mol. The number of rotatable bonds is 8. The maximum Gasteiger partial charge on any atom is 0.262 e. The van der Waals surface area contributed by atoms with Gasteiger partial charge in [-0.2, -0.15) is 5.10 Å². The molecule has 1 aliphatic carbocycles. The Kier molecular flexibility index (Phi) is 6.82. The highest BCUT2D eigenvalue weighted by molar-refractivity contribution is 7.12. The molecule has 1 atom stereocenters. The van der Waals surface area contributed by atoms with E-state index >= 15 is 0 Å². The summed E-state index contributed by atoms with van der Waals surface area (Å²) in [6.45, 7) is 0.963. The maximum atomic E-state index is 13.6. The van der Waals surface area contributed by atoms with Crippen LogP contribution in [0.4, 0.5) is 0 Å². The van der Waals surface area contributed by atoms with Crippen LogP contribution < -0.4 is 9.47 Å². The van der Waals surface area contributed by atoms with Crippen molar-refractivity contribution in [3.8, 4) is 11.5 Å². The van der Waals surface area contributed by atoms with Gasteiger partial charge in [0.1, 0.15) is 6.54 Å². The van der Waals surface area contributed by atoms with E-state index in [0.29, 0.717) is 31.1 Å². The summed E-state index contributed by atoms with van der Waals surface area (Å²) in [4.78, 5) is 29.5. The number of hydrazone groups is 1. The van der Waals surface area contributed by atoms with Crippen molar-refractivity contribution in [1.29, 1.82) is 0 Å². The molecule has 5 rings (SSSR count). The largest absolute Gasteiger partial charge is 0.454 e. The summed E-state index contributed by atoms with van der Waals surface area (Å²) < 4.78 is 16.2. The first-order valence-electron chi connectivity index (χ1n) is 11.7. The molecule has 1 aromatic carbocycles. The van der Waals surface area contributed by atoms with E-state index in [1.807, 2.05) is 35.7 Å². The van der Waals surface area contributed by atoms with Crippen molar-refractivity contribution >= 4 is 28.9 Å². The van der Waals surface area contributed by atoms with Crippen LogP contribution in [0.25, 0.3) is 0 Å². The van der Waals surface area contributed by atoms with Crippen LogP contribution >= 0.6 is 11.3 Å². The number of carbonyl (C=O) groups excluding carboxylic acids is 2. The third kappa shape index (κ3) is 4.67. The van der Waals surface area contributed by atoms with Gasteiger partial charge < -0.3 is 19.1 Å². The van der Waals surface area contributed by atoms with Gasteiger partial charge in [0, 0.05) is 26.0 Å². The number of thiophene rings is 1. The minimum atomic E-state index is -0.273. The van der Waals surface area contributed by atoms with E-state index in [0.717, 1.165) is 41.8 Å². The molecular formula is C25H29N3O5S. The molecule has 0 unspecified atom stereocenters. The first kappa shape index (κ1) is 22.9. The maximum absolute atomic E-state index is 13.6. The van der Waals surface area contributed by atoms with E-state index in [-0.39, 0.29) is 37.1 Å². The molecule has 180 valence electrons. The van der Waals surface area contributed by atoms with Crippen molar-refractivity contribution in [2.45, 2.75) is 38.1 Å². The molecule has 2 amide bonds. The SMILES string of the molecule is COCCN(CC(=O)N1N=C(c2cccs2)C[C@@H]1c1ccc2c(c1)OCO2)C(=O)C1CCCC1. The zero-order chi connectivity index (χ0) is 23.5. The molecule has 34 heavy (non-hydrogen) atoms. The van der Waals surface area contributed by atoms with Crippen molar-refractivity contribution in [3.05, 3.63) is 46.2 Å². The molecule has 0 bridgehead atoms. The smallest absolute Gasteiger partial charge is 0.262 e. The standard InChI is InChI=1S/C25H29N3O5S/c1-31-11-10-27(25(30)17-5-2-3-6-17)15-24(29)28-20(14-19(26-28)23-7-4-12-34-23)18-8-9-21-22(13-18)33-16-32-21/h4,7-9,12-13,17,20H,2-3,5-6,10-11,14-16H2,1H3/t20-/m1/s1. The van der Waals surface area contributed by atoms with Gasteiger partial charge in [0.15, 0.2) is 11.5 Å². The van der Waals surface area contributed by atoms with Crippen molar-refractivity contribution in [3.63, 3.8) is 0 Å². The van der Waals surface area contributed by atoms with E-state index in [9.17, 15) is 9.59 Å². The summed E-state index contributed by atoms with van der Waals surface area (Å²) in [6.07, 6.45) is 4.51. The van der Waals surface area contributed by atoms with Crippen LogP contribution in [-0.2, 0) is 14.3 Å². The van der Waals surface area contributed by atoms with Crippen LogP contribution in [0.1, 0.15) is 48.6 Å². The average molecular weight is 484 g/mol. The Morgan fingerprint density at radius 3 is 2.79 bits per heavy atom. The summed E-state index contributed by atoms with van der Waals surface area (Å²) in [5.41, 5.74) is 1.80. The molecular weight excluding hydrogens is 454 g/mol. The number of hydrogen-bond acceptors (Lipinski definition) is 7. The molecule has 0 N–H and O–H groups in total. The van der Waals surface area contributed by atoms with Crippen molar-refractivity contribution in [2.24, 2.45) is 11.0 Å². The van der Waals surface area contributed by atoms with Crippen LogP contribution in [0.2, 0.25) is 0 Å². The van der Waals surface area contributed by atoms with Gasteiger partial charge in [-0.05, 0) is 42.0 Å². The van der Waals surface area contributed by atoms with Gasteiger partial charge in [-0.3, -0.25) is 9.59 Å². The van der Waals surface area contributed by atoms with Gasteiger partial charge in [0.2, 0.25) is 12.7 Å². The first-order chi connectivity index (χ1) is 16.6.